The molecule has 2 aromatic carbocycles. The van der Waals surface area contributed by atoms with E-state index in [1.165, 1.54) is 6.20 Å². The molecule has 0 saturated heterocycles. The number of hydrogen-bond acceptors (Lipinski definition) is 6. The monoisotopic (exact) mass is 488 g/mol. The van der Waals surface area contributed by atoms with E-state index in [0.29, 0.717) is 41.0 Å². The number of nitrogens with zero attached hydrogens (tertiary/aromatic N) is 4. The number of carbonyl (C=O) groups excluding carboxylic acids is 1. The number of aryl methyl sites for hydroxylation is 2. The average molecular weight is 489 g/mol. The summed E-state index contributed by atoms with van der Waals surface area (Å²) >= 11 is 0. The maximum Gasteiger partial charge on any atom is 0.224 e. The van der Waals surface area contributed by atoms with E-state index in [1.54, 1.807) is 23.1 Å². The van der Waals surface area contributed by atoms with Crippen molar-refractivity contribution in [3.63, 3.8) is 0 Å². The van der Waals surface area contributed by atoms with Gasteiger partial charge in [0.25, 0.3) is 0 Å². The highest BCUT2D eigenvalue weighted by Crippen LogP contribution is 2.33. The normalized spacial score (nSPS) is 10.6. The second-order valence-corrected chi connectivity index (χ2v) is 8.48. The molecule has 5 rings (SSSR count). The van der Waals surface area contributed by atoms with Gasteiger partial charge in [-0.1, -0.05) is 24.3 Å². The van der Waals surface area contributed by atoms with Crippen LogP contribution in [0.25, 0.3) is 5.52 Å². The summed E-state index contributed by atoms with van der Waals surface area (Å²) in [6.45, 7) is 1.90. The van der Waals surface area contributed by atoms with E-state index in [2.05, 4.69) is 26.8 Å². The number of aromatic nitrogens is 3. The Morgan fingerprint density at radius 1 is 1.03 bits per heavy atom. The zero-order chi connectivity index (χ0) is 25.6. The number of anilines is 3. The van der Waals surface area contributed by atoms with Crippen LogP contribution in [0.3, 0.4) is 0 Å². The molecule has 0 aliphatic heterocycles. The van der Waals surface area contributed by atoms with E-state index in [-0.39, 0.29) is 5.91 Å². The van der Waals surface area contributed by atoms with E-state index in [4.69, 9.17) is 4.74 Å². The van der Waals surface area contributed by atoms with Crippen LogP contribution in [-0.2, 0) is 11.2 Å². The topological polar surface area (TPSA) is 104 Å². The molecule has 0 aliphatic carbocycles. The zero-order valence-corrected chi connectivity index (χ0v) is 20.2. The van der Waals surface area contributed by atoms with Gasteiger partial charge >= 0.3 is 0 Å². The summed E-state index contributed by atoms with van der Waals surface area (Å²) in [5.74, 6) is 1.35. The SMILES string of the molecule is Cc1c(NC(=O)CCc2cccnc2)cn2ncc(C#N)c(Nc3ccc(Oc4ccccc4)cc3)c12. The Labute approximate surface area is 214 Å². The minimum absolute atomic E-state index is 0.105. The second kappa shape index (κ2) is 10.6. The van der Waals surface area contributed by atoms with E-state index < -0.39 is 0 Å². The number of benzene rings is 2. The maximum absolute atomic E-state index is 12.6. The van der Waals surface area contributed by atoms with Gasteiger partial charge in [0.2, 0.25) is 5.91 Å². The number of ether oxygens (including phenoxy) is 1. The Hall–Kier alpha value is -5.16. The Balaban J connectivity index is 1.36. The first-order valence-electron chi connectivity index (χ1n) is 11.8. The van der Waals surface area contributed by atoms with Crippen LogP contribution in [0.4, 0.5) is 17.1 Å². The van der Waals surface area contributed by atoms with Gasteiger partial charge in [-0.15, -0.1) is 0 Å². The van der Waals surface area contributed by atoms with Gasteiger partial charge in [-0.25, -0.2) is 4.52 Å². The van der Waals surface area contributed by atoms with Crippen molar-refractivity contribution in [2.45, 2.75) is 19.8 Å². The number of nitrogens with one attached hydrogen (secondary N) is 2. The van der Waals surface area contributed by atoms with Gasteiger partial charge in [0.05, 0.1) is 34.8 Å². The van der Waals surface area contributed by atoms with Crippen molar-refractivity contribution >= 4 is 28.5 Å². The molecule has 37 heavy (non-hydrogen) atoms. The molecule has 5 aromatic rings. The molecule has 8 heteroatoms. The first-order valence-corrected chi connectivity index (χ1v) is 11.8. The van der Waals surface area contributed by atoms with Crippen LogP contribution < -0.4 is 15.4 Å². The van der Waals surface area contributed by atoms with Gasteiger partial charge in [-0.2, -0.15) is 10.4 Å². The van der Waals surface area contributed by atoms with Crippen molar-refractivity contribution in [3.05, 3.63) is 108 Å². The highest BCUT2D eigenvalue weighted by molar-refractivity contribution is 5.95. The molecule has 0 atom stereocenters. The summed E-state index contributed by atoms with van der Waals surface area (Å²) in [5, 5.41) is 20.5. The third-order valence-corrected chi connectivity index (χ3v) is 5.92. The molecule has 8 nitrogen and oxygen atoms in total. The summed E-state index contributed by atoms with van der Waals surface area (Å²) in [5.41, 5.74) is 4.97. The minimum atomic E-state index is -0.105. The lowest BCUT2D eigenvalue weighted by molar-refractivity contribution is -0.116. The molecular formula is C29H24N6O2. The molecule has 2 N–H and O–H groups in total. The minimum Gasteiger partial charge on any atom is -0.457 e. The van der Waals surface area contributed by atoms with Gasteiger partial charge in [0, 0.05) is 30.1 Å². The quantitative estimate of drug-likeness (QED) is 0.277. The second-order valence-electron chi connectivity index (χ2n) is 8.48. The van der Waals surface area contributed by atoms with Crippen LogP contribution in [0.15, 0.2) is 91.5 Å². The molecular weight excluding hydrogens is 464 g/mol. The summed E-state index contributed by atoms with van der Waals surface area (Å²) in [7, 11) is 0. The van der Waals surface area contributed by atoms with Gasteiger partial charge in [-0.3, -0.25) is 9.78 Å². The van der Waals surface area contributed by atoms with Gasteiger partial charge in [0.15, 0.2) is 0 Å². The third kappa shape index (κ3) is 5.41. The van der Waals surface area contributed by atoms with Crippen LogP contribution in [0.5, 0.6) is 11.5 Å². The number of rotatable bonds is 8. The lowest BCUT2D eigenvalue weighted by atomic mass is 10.1. The highest BCUT2D eigenvalue weighted by atomic mass is 16.5. The fourth-order valence-electron chi connectivity index (χ4n) is 4.02. The van der Waals surface area contributed by atoms with Gasteiger partial charge in [-0.05, 0) is 61.4 Å². The lowest BCUT2D eigenvalue weighted by Gasteiger charge is -2.12. The van der Waals surface area contributed by atoms with E-state index >= 15 is 0 Å². The predicted molar refractivity (Wildman–Crippen MR) is 142 cm³/mol. The molecule has 0 spiro atoms. The Morgan fingerprint density at radius 2 is 1.81 bits per heavy atom. The molecule has 1 amide bonds. The summed E-state index contributed by atoms with van der Waals surface area (Å²) < 4.78 is 7.54. The van der Waals surface area contributed by atoms with Crippen molar-refractivity contribution in [1.29, 1.82) is 5.26 Å². The van der Waals surface area contributed by atoms with Crippen LogP contribution in [-0.4, -0.2) is 20.5 Å². The van der Waals surface area contributed by atoms with E-state index in [0.717, 1.165) is 22.6 Å². The third-order valence-electron chi connectivity index (χ3n) is 5.92. The Bertz CT molecular complexity index is 1570. The molecule has 182 valence electrons. The van der Waals surface area contributed by atoms with Crippen molar-refractivity contribution < 1.29 is 9.53 Å². The largest absolute Gasteiger partial charge is 0.457 e. The highest BCUT2D eigenvalue weighted by Gasteiger charge is 2.17. The number of hydrogen-bond donors (Lipinski definition) is 2. The predicted octanol–water partition coefficient (Wildman–Crippen LogP) is 6.02. The standard InChI is InChI=1S/C29H24N6O2/c1-20-26(34-27(36)14-9-21-6-5-15-31-17-21)19-35-29(20)28(22(16-30)18-32-35)33-23-10-12-25(13-11-23)37-24-7-3-2-4-8-24/h2-8,10-13,15,17-19,33H,9,14H2,1H3,(H,34,36). The van der Waals surface area contributed by atoms with Crippen molar-refractivity contribution in [2.24, 2.45) is 0 Å². The zero-order valence-electron chi connectivity index (χ0n) is 20.2. The van der Waals surface area contributed by atoms with Crippen LogP contribution >= 0.6 is 0 Å². The number of para-hydroxylation sites is 1. The molecule has 0 aliphatic rings. The molecule has 3 aromatic heterocycles. The van der Waals surface area contributed by atoms with Crippen LogP contribution in [0.1, 0.15) is 23.1 Å². The van der Waals surface area contributed by atoms with Gasteiger partial charge < -0.3 is 15.4 Å². The average Bonchev–Trinajstić information content (AvgIpc) is 3.25. The molecule has 3 heterocycles. The number of amides is 1. The molecule has 0 fully saturated rings. The van der Waals surface area contributed by atoms with Crippen molar-refractivity contribution in [2.75, 3.05) is 10.6 Å². The molecule has 0 radical (unpaired) electrons. The molecule has 0 bridgehead atoms. The Morgan fingerprint density at radius 3 is 2.54 bits per heavy atom. The van der Waals surface area contributed by atoms with Crippen LogP contribution in [0, 0.1) is 18.3 Å². The summed E-state index contributed by atoms with van der Waals surface area (Å²) in [6, 6.07) is 23.1. The fourth-order valence-corrected chi connectivity index (χ4v) is 4.02. The first kappa shape index (κ1) is 23.6. The van der Waals surface area contributed by atoms with Crippen molar-refractivity contribution in [3.8, 4) is 17.6 Å². The smallest absolute Gasteiger partial charge is 0.224 e. The van der Waals surface area contributed by atoms with Gasteiger partial charge in [0.1, 0.15) is 17.6 Å². The lowest BCUT2D eigenvalue weighted by Crippen LogP contribution is -2.12. The fraction of sp³-hybridized carbons (Fsp3) is 0.103. The molecule has 0 saturated carbocycles. The number of carbonyl (C=O) groups is 1. The maximum atomic E-state index is 12.6. The molecule has 0 unspecified atom stereocenters. The summed E-state index contributed by atoms with van der Waals surface area (Å²) in [6.07, 6.45) is 7.67. The first-order chi connectivity index (χ1) is 18.1. The Kier molecular flexibility index (Phi) is 6.77. The van der Waals surface area contributed by atoms with E-state index in [1.807, 2.05) is 73.7 Å². The number of fused-ring (bicyclic) bond motifs is 1. The van der Waals surface area contributed by atoms with Crippen molar-refractivity contribution in [1.82, 2.24) is 14.6 Å². The van der Waals surface area contributed by atoms with Crippen LogP contribution in [0.2, 0.25) is 0 Å². The number of pyridine rings is 1. The van der Waals surface area contributed by atoms with E-state index in [9.17, 15) is 10.1 Å². The summed E-state index contributed by atoms with van der Waals surface area (Å²) in [4.78, 5) is 16.7. The number of nitriles is 1.